The van der Waals surface area contributed by atoms with E-state index < -0.39 is 11.9 Å². The van der Waals surface area contributed by atoms with E-state index in [1.807, 2.05) is 38.1 Å². The second kappa shape index (κ2) is 5.53. The summed E-state index contributed by atoms with van der Waals surface area (Å²) in [4.78, 5) is 26.8. The van der Waals surface area contributed by atoms with Gasteiger partial charge in [0.1, 0.15) is 0 Å². The number of aliphatic carboxylic acids is 1. The summed E-state index contributed by atoms with van der Waals surface area (Å²) in [6.45, 7) is 4.60. The first-order valence-corrected chi connectivity index (χ1v) is 6.73. The average Bonchev–Trinajstić information content (AvgIpc) is 2.80. The molecule has 20 heavy (non-hydrogen) atoms. The Morgan fingerprint density at radius 1 is 1.30 bits per heavy atom. The minimum absolute atomic E-state index is 0.0123. The van der Waals surface area contributed by atoms with E-state index >= 15 is 0 Å². The van der Waals surface area contributed by atoms with Gasteiger partial charge < -0.3 is 10.0 Å². The van der Waals surface area contributed by atoms with Gasteiger partial charge in [0.25, 0.3) is 0 Å². The number of carbonyl (C=O) groups is 2. The molecule has 1 heterocycles. The van der Waals surface area contributed by atoms with Gasteiger partial charge in [-0.25, -0.2) is 4.79 Å². The van der Waals surface area contributed by atoms with Crippen LogP contribution in [-0.4, -0.2) is 42.1 Å². The number of aryl methyl sites for hydroxylation is 1. The molecule has 5 nitrogen and oxygen atoms in total. The fraction of sp³-hybridized carbons (Fsp3) is 0.467. The van der Waals surface area contributed by atoms with Gasteiger partial charge in [0.05, 0.1) is 5.92 Å². The molecular weight excluding hydrogens is 256 g/mol. The van der Waals surface area contributed by atoms with Gasteiger partial charge >= 0.3 is 12.0 Å². The van der Waals surface area contributed by atoms with Crippen molar-refractivity contribution in [1.29, 1.82) is 0 Å². The van der Waals surface area contributed by atoms with Crippen LogP contribution in [0.2, 0.25) is 0 Å². The number of nitrogens with zero attached hydrogens (tertiary/aromatic N) is 2. The summed E-state index contributed by atoms with van der Waals surface area (Å²) in [5.74, 6) is -1.31. The van der Waals surface area contributed by atoms with E-state index in [9.17, 15) is 9.59 Å². The number of hydrogen-bond acceptors (Lipinski definition) is 2. The zero-order chi connectivity index (χ0) is 14.9. The molecule has 1 saturated heterocycles. The number of likely N-dealkylation sites (tertiary alicyclic amines) is 1. The number of hydrogen-bond donors (Lipinski definition) is 1. The second-order valence-corrected chi connectivity index (χ2v) is 5.46. The maximum Gasteiger partial charge on any atom is 0.324 e. The Bertz CT molecular complexity index is 530. The van der Waals surface area contributed by atoms with Gasteiger partial charge in [-0.15, -0.1) is 0 Å². The van der Waals surface area contributed by atoms with Gasteiger partial charge in [-0.2, -0.15) is 0 Å². The van der Waals surface area contributed by atoms with E-state index in [1.54, 1.807) is 16.8 Å². The Balaban J connectivity index is 2.13. The van der Waals surface area contributed by atoms with Crippen LogP contribution in [0.4, 0.5) is 10.5 Å². The van der Waals surface area contributed by atoms with Crippen LogP contribution in [-0.2, 0) is 4.79 Å². The standard InChI is InChI=1S/C15H20N2O3/c1-10-6-4-5-7-13(10)16(3)15(20)17-8-11(2)12(9-17)14(18)19/h4-7,11-12H,8-9H2,1-3H3,(H,18,19)/t11-,12-/m1/s1. The molecule has 108 valence electrons. The molecule has 0 bridgehead atoms. The highest BCUT2D eigenvalue weighted by molar-refractivity contribution is 5.92. The van der Waals surface area contributed by atoms with Crippen molar-refractivity contribution >= 4 is 17.7 Å². The highest BCUT2D eigenvalue weighted by Crippen LogP contribution is 2.26. The number of anilines is 1. The Labute approximate surface area is 118 Å². The van der Waals surface area contributed by atoms with Crippen LogP contribution in [0.1, 0.15) is 12.5 Å². The Morgan fingerprint density at radius 2 is 1.95 bits per heavy atom. The van der Waals surface area contributed by atoms with Crippen molar-refractivity contribution in [3.63, 3.8) is 0 Å². The van der Waals surface area contributed by atoms with Gasteiger partial charge in [-0.05, 0) is 24.5 Å². The lowest BCUT2D eigenvalue weighted by atomic mass is 9.99. The molecule has 1 aliphatic heterocycles. The molecule has 1 N–H and O–H groups in total. The number of carboxylic acids is 1. The van der Waals surface area contributed by atoms with Crippen molar-refractivity contribution in [3.05, 3.63) is 29.8 Å². The summed E-state index contributed by atoms with van der Waals surface area (Å²) in [5, 5.41) is 9.13. The quantitative estimate of drug-likeness (QED) is 0.900. The molecule has 0 spiro atoms. The highest BCUT2D eigenvalue weighted by Gasteiger charge is 2.38. The first-order chi connectivity index (χ1) is 9.41. The van der Waals surface area contributed by atoms with Gasteiger partial charge in [-0.3, -0.25) is 9.69 Å². The molecule has 5 heteroatoms. The number of amides is 2. The van der Waals surface area contributed by atoms with Crippen LogP contribution in [0.5, 0.6) is 0 Å². The van der Waals surface area contributed by atoms with Crippen LogP contribution >= 0.6 is 0 Å². The molecule has 0 aromatic heterocycles. The fourth-order valence-electron chi connectivity index (χ4n) is 2.70. The predicted molar refractivity (Wildman–Crippen MR) is 76.8 cm³/mol. The third-order valence-corrected chi connectivity index (χ3v) is 3.96. The molecule has 1 aromatic carbocycles. The number of benzene rings is 1. The Kier molecular flexibility index (Phi) is 3.97. The highest BCUT2D eigenvalue weighted by atomic mass is 16.4. The SMILES string of the molecule is Cc1ccccc1N(C)C(=O)N1C[C@@H](C)[C@H](C(=O)O)C1. The average molecular weight is 276 g/mol. The van der Waals surface area contributed by atoms with Crippen molar-refractivity contribution < 1.29 is 14.7 Å². The van der Waals surface area contributed by atoms with Crippen molar-refractivity contribution in [2.24, 2.45) is 11.8 Å². The van der Waals surface area contributed by atoms with E-state index in [2.05, 4.69) is 0 Å². The summed E-state index contributed by atoms with van der Waals surface area (Å²) in [5.41, 5.74) is 1.87. The maximum atomic E-state index is 12.5. The summed E-state index contributed by atoms with van der Waals surface area (Å²) in [6.07, 6.45) is 0. The van der Waals surface area contributed by atoms with E-state index in [0.29, 0.717) is 6.54 Å². The molecule has 1 aromatic rings. The summed E-state index contributed by atoms with van der Waals surface area (Å²) in [7, 11) is 1.73. The zero-order valence-corrected chi connectivity index (χ0v) is 12.0. The minimum atomic E-state index is -0.827. The lowest BCUT2D eigenvalue weighted by Crippen LogP contribution is -2.40. The lowest BCUT2D eigenvalue weighted by molar-refractivity contribution is -0.142. The summed E-state index contributed by atoms with van der Waals surface area (Å²) < 4.78 is 0. The first-order valence-electron chi connectivity index (χ1n) is 6.73. The number of urea groups is 1. The molecule has 0 aliphatic carbocycles. The third kappa shape index (κ3) is 2.61. The molecule has 0 radical (unpaired) electrons. The Morgan fingerprint density at radius 3 is 2.50 bits per heavy atom. The smallest absolute Gasteiger partial charge is 0.324 e. The van der Waals surface area contributed by atoms with Crippen molar-refractivity contribution in [1.82, 2.24) is 4.90 Å². The molecule has 0 unspecified atom stereocenters. The molecule has 1 aliphatic rings. The third-order valence-electron chi connectivity index (χ3n) is 3.96. The van der Waals surface area contributed by atoms with E-state index in [4.69, 9.17) is 5.11 Å². The molecule has 2 amide bonds. The molecule has 0 saturated carbocycles. The minimum Gasteiger partial charge on any atom is -0.481 e. The van der Waals surface area contributed by atoms with Gasteiger partial charge in [0.2, 0.25) is 0 Å². The first kappa shape index (κ1) is 14.4. The predicted octanol–water partition coefficient (Wildman–Crippen LogP) is 2.20. The van der Waals surface area contributed by atoms with Crippen LogP contribution < -0.4 is 4.90 Å². The molecular formula is C15H20N2O3. The van der Waals surface area contributed by atoms with E-state index in [-0.39, 0.29) is 18.5 Å². The van der Waals surface area contributed by atoms with Crippen LogP contribution in [0.3, 0.4) is 0 Å². The summed E-state index contributed by atoms with van der Waals surface area (Å²) >= 11 is 0. The van der Waals surface area contributed by atoms with Gasteiger partial charge in [0.15, 0.2) is 0 Å². The number of carboxylic acid groups (broad SMARTS) is 1. The van der Waals surface area contributed by atoms with Crippen LogP contribution in [0.25, 0.3) is 0 Å². The largest absolute Gasteiger partial charge is 0.481 e. The fourth-order valence-corrected chi connectivity index (χ4v) is 2.70. The van der Waals surface area contributed by atoms with Gasteiger partial charge in [-0.1, -0.05) is 25.1 Å². The second-order valence-electron chi connectivity index (χ2n) is 5.46. The Hall–Kier alpha value is -2.04. The van der Waals surface area contributed by atoms with Crippen molar-refractivity contribution in [2.75, 3.05) is 25.0 Å². The summed E-state index contributed by atoms with van der Waals surface area (Å²) in [6, 6.07) is 7.51. The maximum absolute atomic E-state index is 12.5. The lowest BCUT2D eigenvalue weighted by Gasteiger charge is -2.25. The number of carbonyl (C=O) groups excluding carboxylic acids is 1. The monoisotopic (exact) mass is 276 g/mol. The van der Waals surface area contributed by atoms with Crippen molar-refractivity contribution in [2.45, 2.75) is 13.8 Å². The van der Waals surface area contributed by atoms with Crippen LogP contribution in [0.15, 0.2) is 24.3 Å². The topological polar surface area (TPSA) is 60.9 Å². The molecule has 2 atom stereocenters. The van der Waals surface area contributed by atoms with Gasteiger partial charge in [0, 0.05) is 25.8 Å². The van der Waals surface area contributed by atoms with E-state index in [0.717, 1.165) is 11.3 Å². The number of rotatable bonds is 2. The number of para-hydroxylation sites is 1. The zero-order valence-electron chi connectivity index (χ0n) is 12.0. The molecule has 1 fully saturated rings. The van der Waals surface area contributed by atoms with Crippen LogP contribution in [0, 0.1) is 18.8 Å². The van der Waals surface area contributed by atoms with Crippen molar-refractivity contribution in [3.8, 4) is 0 Å². The van der Waals surface area contributed by atoms with E-state index in [1.165, 1.54) is 0 Å². The normalized spacial score (nSPS) is 21.9. The molecule has 2 rings (SSSR count).